The van der Waals surface area contributed by atoms with E-state index in [0.717, 1.165) is 31.6 Å². The third kappa shape index (κ3) is 1.86. The molecule has 2 atom stereocenters. The maximum absolute atomic E-state index is 10.8. The van der Waals surface area contributed by atoms with Gasteiger partial charge in [0.1, 0.15) is 0 Å². The number of nitrogens with zero attached hydrogens (tertiary/aromatic N) is 2. The lowest BCUT2D eigenvalue weighted by atomic mass is 9.77. The number of morpholine rings is 1. The van der Waals surface area contributed by atoms with E-state index in [1.54, 1.807) is 12.4 Å². The molecular formula is C13H18N2O2. The standard InChI is InChI=1S/C13H18N2O2/c1-15-11-5-13(16,6-12(15)9-17-8-11)10-3-2-4-14-7-10/h2-4,7,11-12,16H,5-6,8-9H2,1H3. The predicted octanol–water partition coefficient (Wildman–Crippen LogP) is 0.762. The lowest BCUT2D eigenvalue weighted by Gasteiger charge is -2.50. The van der Waals surface area contributed by atoms with E-state index in [1.165, 1.54) is 0 Å². The van der Waals surface area contributed by atoms with E-state index in [1.807, 2.05) is 12.1 Å². The normalized spacial score (nSPS) is 38.0. The van der Waals surface area contributed by atoms with Crippen LogP contribution in [0.2, 0.25) is 0 Å². The van der Waals surface area contributed by atoms with Crippen LogP contribution in [0, 0.1) is 0 Å². The number of likely N-dealkylation sites (N-methyl/N-ethyl adjacent to an activating group) is 1. The van der Waals surface area contributed by atoms with Crippen molar-refractivity contribution in [1.29, 1.82) is 0 Å². The van der Waals surface area contributed by atoms with Crippen molar-refractivity contribution in [2.75, 3.05) is 20.3 Å². The number of piperidine rings is 1. The number of hydrogen-bond acceptors (Lipinski definition) is 4. The van der Waals surface area contributed by atoms with Crippen LogP contribution >= 0.6 is 0 Å². The topological polar surface area (TPSA) is 45.6 Å². The van der Waals surface area contributed by atoms with Crippen LogP contribution in [-0.2, 0) is 10.3 Å². The van der Waals surface area contributed by atoms with E-state index in [9.17, 15) is 5.11 Å². The average Bonchev–Trinajstić information content (AvgIpc) is 2.33. The molecule has 2 saturated heterocycles. The number of aliphatic hydroxyl groups is 1. The molecule has 1 N–H and O–H groups in total. The Balaban J connectivity index is 1.90. The summed E-state index contributed by atoms with van der Waals surface area (Å²) in [5.41, 5.74) is 0.199. The monoisotopic (exact) mass is 234 g/mol. The van der Waals surface area contributed by atoms with Gasteiger partial charge in [-0.2, -0.15) is 0 Å². The molecule has 1 aromatic rings. The quantitative estimate of drug-likeness (QED) is 0.779. The van der Waals surface area contributed by atoms with Crippen LogP contribution in [0.3, 0.4) is 0 Å². The fraction of sp³-hybridized carbons (Fsp3) is 0.615. The molecule has 0 spiro atoms. The molecule has 3 heterocycles. The summed E-state index contributed by atoms with van der Waals surface area (Å²) in [6.45, 7) is 1.44. The number of rotatable bonds is 1. The van der Waals surface area contributed by atoms with Crippen LogP contribution in [-0.4, -0.2) is 47.3 Å². The zero-order valence-corrected chi connectivity index (χ0v) is 10.0. The Morgan fingerprint density at radius 1 is 1.41 bits per heavy atom. The molecule has 2 aliphatic heterocycles. The smallest absolute Gasteiger partial charge is 0.0942 e. The van der Waals surface area contributed by atoms with Gasteiger partial charge in [0.25, 0.3) is 0 Å². The predicted molar refractivity (Wildman–Crippen MR) is 63.5 cm³/mol. The highest BCUT2D eigenvalue weighted by molar-refractivity contribution is 5.20. The number of fused-ring (bicyclic) bond motifs is 2. The van der Waals surface area contributed by atoms with E-state index in [4.69, 9.17) is 4.74 Å². The third-order valence-corrected chi connectivity index (χ3v) is 4.12. The van der Waals surface area contributed by atoms with Crippen molar-refractivity contribution in [2.45, 2.75) is 30.5 Å². The van der Waals surface area contributed by atoms with Gasteiger partial charge in [-0.3, -0.25) is 9.88 Å². The molecule has 2 aliphatic rings. The van der Waals surface area contributed by atoms with E-state index in [0.29, 0.717) is 12.1 Å². The Morgan fingerprint density at radius 3 is 2.71 bits per heavy atom. The summed E-state index contributed by atoms with van der Waals surface area (Å²) in [5, 5.41) is 10.8. The van der Waals surface area contributed by atoms with Crippen LogP contribution in [0.1, 0.15) is 18.4 Å². The lowest BCUT2D eigenvalue weighted by Crippen LogP contribution is -2.59. The molecule has 2 bridgehead atoms. The maximum atomic E-state index is 10.8. The number of ether oxygens (including phenoxy) is 1. The van der Waals surface area contributed by atoms with E-state index in [-0.39, 0.29) is 0 Å². The molecule has 0 amide bonds. The second-order valence-electron chi connectivity index (χ2n) is 5.19. The molecule has 1 aromatic heterocycles. The Morgan fingerprint density at radius 2 is 2.12 bits per heavy atom. The Bertz CT molecular complexity index is 382. The minimum atomic E-state index is -0.736. The summed E-state index contributed by atoms with van der Waals surface area (Å²) in [6.07, 6.45) is 4.98. The number of pyridine rings is 1. The van der Waals surface area contributed by atoms with Crippen LogP contribution < -0.4 is 0 Å². The van der Waals surface area contributed by atoms with Gasteiger partial charge < -0.3 is 9.84 Å². The largest absolute Gasteiger partial charge is 0.385 e. The second-order valence-corrected chi connectivity index (χ2v) is 5.19. The molecule has 4 nitrogen and oxygen atoms in total. The molecule has 92 valence electrons. The highest BCUT2D eigenvalue weighted by Gasteiger charge is 2.45. The first-order valence-electron chi connectivity index (χ1n) is 6.12. The summed E-state index contributed by atoms with van der Waals surface area (Å²) in [6, 6.07) is 4.48. The van der Waals surface area contributed by atoms with Crippen molar-refractivity contribution in [1.82, 2.24) is 9.88 Å². The summed E-state index contributed by atoms with van der Waals surface area (Å²) < 4.78 is 5.57. The molecular weight excluding hydrogens is 216 g/mol. The van der Waals surface area contributed by atoms with Crippen molar-refractivity contribution < 1.29 is 9.84 Å². The first-order valence-corrected chi connectivity index (χ1v) is 6.12. The zero-order chi connectivity index (χ0) is 11.9. The van der Waals surface area contributed by atoms with E-state index >= 15 is 0 Å². The molecule has 0 radical (unpaired) electrons. The molecule has 0 aromatic carbocycles. The minimum Gasteiger partial charge on any atom is -0.385 e. The van der Waals surface area contributed by atoms with Gasteiger partial charge in [0.15, 0.2) is 0 Å². The minimum absolute atomic E-state index is 0.313. The summed E-state index contributed by atoms with van der Waals surface area (Å²) in [5.74, 6) is 0. The highest BCUT2D eigenvalue weighted by Crippen LogP contribution is 2.39. The molecule has 2 fully saturated rings. The molecule has 17 heavy (non-hydrogen) atoms. The van der Waals surface area contributed by atoms with Crippen molar-refractivity contribution in [3.05, 3.63) is 30.1 Å². The van der Waals surface area contributed by atoms with Gasteiger partial charge in [-0.15, -0.1) is 0 Å². The van der Waals surface area contributed by atoms with Crippen LogP contribution in [0.25, 0.3) is 0 Å². The molecule has 4 heteroatoms. The second kappa shape index (κ2) is 4.05. The van der Waals surface area contributed by atoms with Crippen molar-refractivity contribution in [3.8, 4) is 0 Å². The Hall–Kier alpha value is -0.970. The van der Waals surface area contributed by atoms with Crippen LogP contribution in [0.15, 0.2) is 24.5 Å². The summed E-state index contributed by atoms with van der Waals surface area (Å²) in [7, 11) is 2.13. The number of hydrogen-bond donors (Lipinski definition) is 1. The van der Waals surface area contributed by atoms with Crippen molar-refractivity contribution >= 4 is 0 Å². The van der Waals surface area contributed by atoms with E-state index in [2.05, 4.69) is 16.9 Å². The zero-order valence-electron chi connectivity index (χ0n) is 10.0. The third-order valence-electron chi connectivity index (χ3n) is 4.12. The average molecular weight is 234 g/mol. The van der Waals surface area contributed by atoms with Gasteiger partial charge in [0, 0.05) is 30.0 Å². The van der Waals surface area contributed by atoms with Gasteiger partial charge in [-0.1, -0.05) is 6.07 Å². The maximum Gasteiger partial charge on any atom is 0.0942 e. The molecule has 2 unspecified atom stereocenters. The fourth-order valence-electron chi connectivity index (χ4n) is 3.02. The Labute approximate surface area is 101 Å². The Kier molecular flexibility index (Phi) is 2.65. The van der Waals surface area contributed by atoms with Crippen LogP contribution in [0.5, 0.6) is 0 Å². The van der Waals surface area contributed by atoms with E-state index < -0.39 is 5.60 Å². The molecule has 3 rings (SSSR count). The van der Waals surface area contributed by atoms with Crippen molar-refractivity contribution in [3.63, 3.8) is 0 Å². The molecule has 0 saturated carbocycles. The fourth-order valence-corrected chi connectivity index (χ4v) is 3.02. The van der Waals surface area contributed by atoms with Gasteiger partial charge >= 0.3 is 0 Å². The summed E-state index contributed by atoms with van der Waals surface area (Å²) >= 11 is 0. The summed E-state index contributed by atoms with van der Waals surface area (Å²) in [4.78, 5) is 6.45. The SMILES string of the molecule is CN1C2COCC1CC(O)(c1cccnc1)C2. The van der Waals surface area contributed by atoms with Crippen LogP contribution in [0.4, 0.5) is 0 Å². The molecule has 0 aliphatic carbocycles. The van der Waals surface area contributed by atoms with Crippen molar-refractivity contribution in [2.24, 2.45) is 0 Å². The first-order chi connectivity index (χ1) is 8.19. The number of aromatic nitrogens is 1. The van der Waals surface area contributed by atoms with Gasteiger partial charge in [0.2, 0.25) is 0 Å². The lowest BCUT2D eigenvalue weighted by molar-refractivity contribution is -0.137. The van der Waals surface area contributed by atoms with Gasteiger partial charge in [-0.25, -0.2) is 0 Å². The van der Waals surface area contributed by atoms with Gasteiger partial charge in [-0.05, 0) is 26.0 Å². The first kappa shape index (κ1) is 11.1. The van der Waals surface area contributed by atoms with Gasteiger partial charge in [0.05, 0.1) is 18.8 Å². The highest BCUT2D eigenvalue weighted by atomic mass is 16.5.